The maximum Gasteiger partial charge on any atom is 0.326 e. The fraction of sp³-hybridized carbons (Fsp3) is 0.429. The number of nitrogens with zero attached hydrogens (tertiary/aromatic N) is 1. The third-order valence-corrected chi connectivity index (χ3v) is 3.74. The summed E-state index contributed by atoms with van der Waals surface area (Å²) >= 11 is 0. The molecule has 2 aliphatic rings. The zero-order valence-corrected chi connectivity index (χ0v) is 10.5. The third kappa shape index (κ3) is 2.05. The van der Waals surface area contributed by atoms with Crippen molar-refractivity contribution in [1.82, 2.24) is 4.90 Å². The maximum absolute atomic E-state index is 12.4. The molecule has 19 heavy (non-hydrogen) atoms. The SMILES string of the molecule is O=C(O)[C@@H]1CCCN1C(=O)c1ccc2c(c1)CCO2. The fourth-order valence-corrected chi connectivity index (χ4v) is 2.75. The highest BCUT2D eigenvalue weighted by Gasteiger charge is 2.34. The lowest BCUT2D eigenvalue weighted by atomic mass is 10.1. The Morgan fingerprint density at radius 2 is 2.21 bits per heavy atom. The Kier molecular flexibility index (Phi) is 2.89. The first-order valence-electron chi connectivity index (χ1n) is 6.46. The van der Waals surface area contributed by atoms with Crippen LogP contribution in [-0.2, 0) is 11.2 Å². The molecule has 0 unspecified atom stereocenters. The highest BCUT2D eigenvalue weighted by molar-refractivity contribution is 5.97. The van der Waals surface area contributed by atoms with Crippen LogP contribution in [0.2, 0.25) is 0 Å². The van der Waals surface area contributed by atoms with E-state index in [1.54, 1.807) is 12.1 Å². The van der Waals surface area contributed by atoms with Gasteiger partial charge in [0.25, 0.3) is 5.91 Å². The molecule has 1 fully saturated rings. The second kappa shape index (κ2) is 4.57. The zero-order chi connectivity index (χ0) is 13.4. The van der Waals surface area contributed by atoms with Crippen molar-refractivity contribution >= 4 is 11.9 Å². The molecule has 1 aromatic carbocycles. The topological polar surface area (TPSA) is 66.8 Å². The van der Waals surface area contributed by atoms with Gasteiger partial charge in [0.2, 0.25) is 0 Å². The molecule has 0 saturated carbocycles. The standard InChI is InChI=1S/C14H15NO4/c16-13(15-6-1-2-11(15)14(17)18)10-3-4-12-9(8-10)5-7-19-12/h3-4,8,11H,1-2,5-7H2,(H,17,18)/t11-/m0/s1. The van der Waals surface area contributed by atoms with Crippen LogP contribution >= 0.6 is 0 Å². The van der Waals surface area contributed by atoms with E-state index < -0.39 is 12.0 Å². The molecule has 0 bridgehead atoms. The molecule has 2 heterocycles. The van der Waals surface area contributed by atoms with Gasteiger partial charge in [-0.1, -0.05) is 0 Å². The Balaban J connectivity index is 1.85. The van der Waals surface area contributed by atoms with Crippen LogP contribution in [0.3, 0.4) is 0 Å². The summed E-state index contributed by atoms with van der Waals surface area (Å²) < 4.78 is 5.40. The lowest BCUT2D eigenvalue weighted by molar-refractivity contribution is -0.141. The smallest absolute Gasteiger partial charge is 0.326 e. The van der Waals surface area contributed by atoms with Gasteiger partial charge in [-0.3, -0.25) is 4.79 Å². The highest BCUT2D eigenvalue weighted by atomic mass is 16.5. The number of benzene rings is 1. The Hall–Kier alpha value is -2.04. The first kappa shape index (κ1) is 12.0. The minimum atomic E-state index is -0.921. The molecular weight excluding hydrogens is 246 g/mol. The number of carbonyl (C=O) groups excluding carboxylic acids is 1. The summed E-state index contributed by atoms with van der Waals surface area (Å²) in [5.74, 6) is -0.289. The van der Waals surface area contributed by atoms with Crippen molar-refractivity contribution in [3.8, 4) is 5.75 Å². The van der Waals surface area contributed by atoms with E-state index in [2.05, 4.69) is 0 Å². The number of ether oxygens (including phenoxy) is 1. The Bertz CT molecular complexity index is 540. The summed E-state index contributed by atoms with van der Waals surface area (Å²) in [6.45, 7) is 1.16. The van der Waals surface area contributed by atoms with Crippen LogP contribution in [0, 0.1) is 0 Å². The number of amides is 1. The Morgan fingerprint density at radius 3 is 3.00 bits per heavy atom. The molecule has 0 aliphatic carbocycles. The molecule has 1 atom stereocenters. The van der Waals surface area contributed by atoms with Crippen LogP contribution in [0.15, 0.2) is 18.2 Å². The number of hydrogen-bond acceptors (Lipinski definition) is 3. The van der Waals surface area contributed by atoms with Gasteiger partial charge < -0.3 is 14.7 Å². The number of carboxylic acids is 1. The van der Waals surface area contributed by atoms with Crippen LogP contribution < -0.4 is 4.74 Å². The zero-order valence-electron chi connectivity index (χ0n) is 10.5. The number of likely N-dealkylation sites (tertiary alicyclic amines) is 1. The van der Waals surface area contributed by atoms with Gasteiger partial charge >= 0.3 is 5.97 Å². The molecule has 0 radical (unpaired) electrons. The Morgan fingerprint density at radius 1 is 1.37 bits per heavy atom. The third-order valence-electron chi connectivity index (χ3n) is 3.74. The lowest BCUT2D eigenvalue weighted by Gasteiger charge is -2.21. The van der Waals surface area contributed by atoms with Gasteiger partial charge in [0, 0.05) is 18.5 Å². The molecule has 100 valence electrons. The summed E-state index contributed by atoms with van der Waals surface area (Å²) in [6.07, 6.45) is 2.09. The lowest BCUT2D eigenvalue weighted by Crippen LogP contribution is -2.40. The maximum atomic E-state index is 12.4. The molecule has 1 amide bonds. The number of rotatable bonds is 2. The van der Waals surface area contributed by atoms with Crippen molar-refractivity contribution in [2.24, 2.45) is 0 Å². The summed E-state index contributed by atoms with van der Waals surface area (Å²) in [5, 5.41) is 9.12. The van der Waals surface area contributed by atoms with E-state index in [0.717, 1.165) is 24.2 Å². The van der Waals surface area contributed by atoms with E-state index in [0.29, 0.717) is 25.1 Å². The number of carbonyl (C=O) groups is 2. The number of fused-ring (bicyclic) bond motifs is 1. The van der Waals surface area contributed by atoms with Crippen LogP contribution in [0.25, 0.3) is 0 Å². The predicted octanol–water partition coefficient (Wildman–Crippen LogP) is 1.31. The molecule has 0 spiro atoms. The van der Waals surface area contributed by atoms with E-state index in [1.807, 2.05) is 6.07 Å². The molecule has 3 rings (SSSR count). The van der Waals surface area contributed by atoms with Gasteiger partial charge in [-0.15, -0.1) is 0 Å². The van der Waals surface area contributed by atoms with E-state index >= 15 is 0 Å². The molecule has 0 aromatic heterocycles. The minimum Gasteiger partial charge on any atom is -0.493 e. The van der Waals surface area contributed by atoms with Gasteiger partial charge in [-0.2, -0.15) is 0 Å². The van der Waals surface area contributed by atoms with Crippen molar-refractivity contribution in [3.05, 3.63) is 29.3 Å². The van der Waals surface area contributed by atoms with E-state index in [9.17, 15) is 9.59 Å². The van der Waals surface area contributed by atoms with Gasteiger partial charge in [-0.05, 0) is 36.6 Å². The Labute approximate surface area is 110 Å². The van der Waals surface area contributed by atoms with E-state index in [-0.39, 0.29) is 5.91 Å². The first-order chi connectivity index (χ1) is 9.16. The quantitative estimate of drug-likeness (QED) is 0.871. The average Bonchev–Trinajstić information content (AvgIpc) is 3.05. The van der Waals surface area contributed by atoms with E-state index in [4.69, 9.17) is 9.84 Å². The van der Waals surface area contributed by atoms with Gasteiger partial charge in [0.05, 0.1) is 6.61 Å². The average molecular weight is 261 g/mol. The molecule has 1 saturated heterocycles. The van der Waals surface area contributed by atoms with Crippen LogP contribution in [0.1, 0.15) is 28.8 Å². The van der Waals surface area contributed by atoms with E-state index in [1.165, 1.54) is 4.90 Å². The highest BCUT2D eigenvalue weighted by Crippen LogP contribution is 2.27. The predicted molar refractivity (Wildman–Crippen MR) is 67.3 cm³/mol. The van der Waals surface area contributed by atoms with Crippen molar-refractivity contribution in [3.63, 3.8) is 0 Å². The molecule has 5 nitrogen and oxygen atoms in total. The molecular formula is C14H15NO4. The summed E-state index contributed by atoms with van der Waals surface area (Å²) in [7, 11) is 0. The number of hydrogen-bond donors (Lipinski definition) is 1. The van der Waals surface area contributed by atoms with Crippen LogP contribution in [0.5, 0.6) is 5.75 Å². The summed E-state index contributed by atoms with van der Waals surface area (Å²) in [5.41, 5.74) is 1.58. The van der Waals surface area contributed by atoms with Gasteiger partial charge in [0.1, 0.15) is 11.8 Å². The minimum absolute atomic E-state index is 0.195. The normalized spacial score (nSPS) is 21.1. The number of carboxylic acid groups (broad SMARTS) is 1. The fourth-order valence-electron chi connectivity index (χ4n) is 2.75. The molecule has 2 aliphatic heterocycles. The monoisotopic (exact) mass is 261 g/mol. The summed E-state index contributed by atoms with van der Waals surface area (Å²) in [4.78, 5) is 25.0. The second-order valence-corrected chi connectivity index (χ2v) is 4.92. The second-order valence-electron chi connectivity index (χ2n) is 4.92. The van der Waals surface area contributed by atoms with Crippen LogP contribution in [-0.4, -0.2) is 41.1 Å². The van der Waals surface area contributed by atoms with Gasteiger partial charge in [-0.25, -0.2) is 4.79 Å². The molecule has 1 N–H and O–H groups in total. The number of aliphatic carboxylic acids is 1. The van der Waals surface area contributed by atoms with Gasteiger partial charge in [0.15, 0.2) is 0 Å². The summed E-state index contributed by atoms with van der Waals surface area (Å²) in [6, 6.07) is 4.64. The van der Waals surface area contributed by atoms with Crippen molar-refractivity contribution in [2.75, 3.05) is 13.2 Å². The molecule has 1 aromatic rings. The molecule has 5 heteroatoms. The van der Waals surface area contributed by atoms with Crippen LogP contribution in [0.4, 0.5) is 0 Å². The van der Waals surface area contributed by atoms with Crippen molar-refractivity contribution in [1.29, 1.82) is 0 Å². The van der Waals surface area contributed by atoms with Crippen molar-refractivity contribution < 1.29 is 19.4 Å². The first-order valence-corrected chi connectivity index (χ1v) is 6.46. The van der Waals surface area contributed by atoms with Crippen molar-refractivity contribution in [2.45, 2.75) is 25.3 Å². The largest absolute Gasteiger partial charge is 0.493 e.